The van der Waals surface area contributed by atoms with E-state index in [1.54, 1.807) is 19.1 Å². The van der Waals surface area contributed by atoms with E-state index in [9.17, 15) is 9.18 Å². The van der Waals surface area contributed by atoms with Crippen molar-refractivity contribution in [3.05, 3.63) is 57.0 Å². The first-order chi connectivity index (χ1) is 8.99. The molecule has 0 radical (unpaired) electrons. The molecule has 0 saturated carbocycles. The Labute approximate surface area is 122 Å². The van der Waals surface area contributed by atoms with Crippen LogP contribution in [0.5, 0.6) is 0 Å². The Morgan fingerprint density at radius 1 is 1.42 bits per heavy atom. The number of hydrogen-bond acceptors (Lipinski definition) is 2. The quantitative estimate of drug-likeness (QED) is 0.831. The maximum Gasteiger partial charge on any atom is 0.258 e. The van der Waals surface area contributed by atoms with Gasteiger partial charge in [-0.3, -0.25) is 4.79 Å². The third-order valence-corrected chi connectivity index (χ3v) is 3.31. The molecule has 0 aliphatic heterocycles. The summed E-state index contributed by atoms with van der Waals surface area (Å²) < 4.78 is 14.2. The maximum absolute atomic E-state index is 13.7. The van der Waals surface area contributed by atoms with Crippen LogP contribution < -0.4 is 5.32 Å². The minimum atomic E-state index is -0.607. The van der Waals surface area contributed by atoms with E-state index in [-0.39, 0.29) is 10.7 Å². The van der Waals surface area contributed by atoms with Crippen molar-refractivity contribution in [2.75, 3.05) is 5.32 Å². The number of pyridine rings is 1. The van der Waals surface area contributed by atoms with E-state index in [2.05, 4.69) is 26.2 Å². The Morgan fingerprint density at radius 2 is 2.16 bits per heavy atom. The molecule has 0 spiro atoms. The fraction of sp³-hybridized carbons (Fsp3) is 0.0769. The van der Waals surface area contributed by atoms with Crippen LogP contribution in [-0.4, -0.2) is 10.9 Å². The van der Waals surface area contributed by atoms with Gasteiger partial charge < -0.3 is 5.32 Å². The van der Waals surface area contributed by atoms with Crippen molar-refractivity contribution in [2.45, 2.75) is 6.92 Å². The van der Waals surface area contributed by atoms with E-state index in [1.165, 1.54) is 18.3 Å². The maximum atomic E-state index is 13.7. The predicted octanol–water partition coefficient (Wildman–Crippen LogP) is 4.20. The highest BCUT2D eigenvalue weighted by Crippen LogP contribution is 2.24. The third-order valence-electron chi connectivity index (χ3n) is 2.53. The van der Waals surface area contributed by atoms with Gasteiger partial charge in [0, 0.05) is 10.7 Å². The van der Waals surface area contributed by atoms with Crippen molar-refractivity contribution in [1.29, 1.82) is 0 Å². The SMILES string of the molecule is Cc1ccnc(Cl)c1NC(=O)c1ccc(Br)cc1F. The lowest BCUT2D eigenvalue weighted by molar-refractivity contribution is 0.102. The fourth-order valence-corrected chi connectivity index (χ4v) is 2.12. The highest BCUT2D eigenvalue weighted by Gasteiger charge is 2.15. The number of aryl methyl sites for hydroxylation is 1. The average Bonchev–Trinajstić information content (AvgIpc) is 2.33. The number of carbonyl (C=O) groups is 1. The van der Waals surface area contributed by atoms with Crippen LogP contribution in [0.1, 0.15) is 15.9 Å². The molecule has 1 aromatic heterocycles. The van der Waals surface area contributed by atoms with E-state index in [0.717, 1.165) is 5.56 Å². The second kappa shape index (κ2) is 5.67. The van der Waals surface area contributed by atoms with Gasteiger partial charge in [-0.1, -0.05) is 27.5 Å². The number of halogens is 3. The molecule has 0 unspecified atom stereocenters. The van der Waals surface area contributed by atoms with Gasteiger partial charge in [-0.25, -0.2) is 9.37 Å². The van der Waals surface area contributed by atoms with E-state index in [1.807, 2.05) is 0 Å². The summed E-state index contributed by atoms with van der Waals surface area (Å²) in [6, 6.07) is 5.93. The van der Waals surface area contributed by atoms with Gasteiger partial charge in [0.15, 0.2) is 5.15 Å². The summed E-state index contributed by atoms with van der Waals surface area (Å²) in [6.07, 6.45) is 1.54. The summed E-state index contributed by atoms with van der Waals surface area (Å²) >= 11 is 9.03. The largest absolute Gasteiger partial charge is 0.319 e. The van der Waals surface area contributed by atoms with Gasteiger partial charge in [-0.05, 0) is 36.8 Å². The van der Waals surface area contributed by atoms with Gasteiger partial charge in [0.1, 0.15) is 5.82 Å². The van der Waals surface area contributed by atoms with Gasteiger partial charge in [0.05, 0.1) is 11.3 Å². The summed E-state index contributed by atoms with van der Waals surface area (Å²) in [6.45, 7) is 1.78. The summed E-state index contributed by atoms with van der Waals surface area (Å²) in [5.41, 5.74) is 1.09. The van der Waals surface area contributed by atoms with Crippen LogP contribution in [0.2, 0.25) is 5.15 Å². The molecule has 3 nitrogen and oxygen atoms in total. The third kappa shape index (κ3) is 3.11. The number of nitrogens with one attached hydrogen (secondary N) is 1. The molecule has 6 heteroatoms. The Balaban J connectivity index is 2.31. The first-order valence-electron chi connectivity index (χ1n) is 5.36. The summed E-state index contributed by atoms with van der Waals surface area (Å²) in [5.74, 6) is -1.17. The minimum Gasteiger partial charge on any atom is -0.319 e. The first kappa shape index (κ1) is 14.0. The minimum absolute atomic E-state index is 0.0532. The number of rotatable bonds is 2. The fourth-order valence-electron chi connectivity index (χ4n) is 1.53. The molecular formula is C13H9BrClFN2O. The molecule has 0 saturated heterocycles. The summed E-state index contributed by atoms with van der Waals surface area (Å²) in [5, 5.41) is 2.74. The smallest absolute Gasteiger partial charge is 0.258 e. The molecule has 2 aromatic rings. The number of amides is 1. The lowest BCUT2D eigenvalue weighted by Crippen LogP contribution is -2.15. The lowest BCUT2D eigenvalue weighted by atomic mass is 10.2. The molecule has 0 aliphatic carbocycles. The monoisotopic (exact) mass is 342 g/mol. The molecule has 2 rings (SSSR count). The molecule has 0 atom stereocenters. The standard InChI is InChI=1S/C13H9BrClFN2O/c1-7-4-5-17-12(15)11(7)18-13(19)9-3-2-8(14)6-10(9)16/h2-6H,1H3,(H,18,19). The molecule has 98 valence electrons. The van der Waals surface area contributed by atoms with Crippen LogP contribution in [0.15, 0.2) is 34.9 Å². The van der Waals surface area contributed by atoms with Crippen molar-refractivity contribution in [3.63, 3.8) is 0 Å². The van der Waals surface area contributed by atoms with Crippen LogP contribution in [0.4, 0.5) is 10.1 Å². The van der Waals surface area contributed by atoms with Gasteiger partial charge in [-0.2, -0.15) is 0 Å². The highest BCUT2D eigenvalue weighted by molar-refractivity contribution is 9.10. The second-order valence-corrected chi connectivity index (χ2v) is 5.15. The van der Waals surface area contributed by atoms with Crippen molar-refractivity contribution in [1.82, 2.24) is 4.98 Å². The predicted molar refractivity (Wildman–Crippen MR) is 76.0 cm³/mol. The van der Waals surface area contributed by atoms with Crippen LogP contribution >= 0.6 is 27.5 Å². The zero-order valence-corrected chi connectivity index (χ0v) is 12.2. The molecular weight excluding hydrogens is 335 g/mol. The van der Waals surface area contributed by atoms with E-state index >= 15 is 0 Å². The Bertz CT molecular complexity index is 628. The van der Waals surface area contributed by atoms with Gasteiger partial charge in [0.25, 0.3) is 5.91 Å². The molecule has 1 amide bonds. The first-order valence-corrected chi connectivity index (χ1v) is 6.53. The molecule has 1 N–H and O–H groups in total. The van der Waals surface area contributed by atoms with E-state index in [0.29, 0.717) is 10.2 Å². The van der Waals surface area contributed by atoms with Crippen molar-refractivity contribution in [3.8, 4) is 0 Å². The Kier molecular flexibility index (Phi) is 4.17. The normalized spacial score (nSPS) is 10.3. The molecule has 0 aliphatic rings. The average molecular weight is 344 g/mol. The van der Waals surface area contributed by atoms with Gasteiger partial charge in [-0.15, -0.1) is 0 Å². The topological polar surface area (TPSA) is 42.0 Å². The second-order valence-electron chi connectivity index (χ2n) is 3.87. The zero-order valence-electron chi connectivity index (χ0n) is 9.88. The zero-order chi connectivity index (χ0) is 14.0. The van der Waals surface area contributed by atoms with Crippen LogP contribution in [0, 0.1) is 12.7 Å². The molecule has 0 bridgehead atoms. The van der Waals surface area contributed by atoms with Crippen molar-refractivity contribution in [2.24, 2.45) is 0 Å². The summed E-state index contributed by atoms with van der Waals surface area (Å²) in [7, 11) is 0. The van der Waals surface area contributed by atoms with Crippen molar-refractivity contribution < 1.29 is 9.18 Å². The Morgan fingerprint density at radius 3 is 2.79 bits per heavy atom. The van der Waals surface area contributed by atoms with Gasteiger partial charge in [0.2, 0.25) is 0 Å². The molecule has 1 heterocycles. The number of aromatic nitrogens is 1. The number of nitrogens with zero attached hydrogens (tertiary/aromatic N) is 1. The lowest BCUT2D eigenvalue weighted by Gasteiger charge is -2.10. The number of carbonyl (C=O) groups excluding carboxylic acids is 1. The van der Waals surface area contributed by atoms with E-state index in [4.69, 9.17) is 11.6 Å². The highest BCUT2D eigenvalue weighted by atomic mass is 79.9. The van der Waals surface area contributed by atoms with Crippen LogP contribution in [0.3, 0.4) is 0 Å². The number of anilines is 1. The van der Waals surface area contributed by atoms with E-state index < -0.39 is 11.7 Å². The van der Waals surface area contributed by atoms with Gasteiger partial charge >= 0.3 is 0 Å². The summed E-state index contributed by atoms with van der Waals surface area (Å²) in [4.78, 5) is 15.9. The molecule has 19 heavy (non-hydrogen) atoms. The van der Waals surface area contributed by atoms with Crippen LogP contribution in [0.25, 0.3) is 0 Å². The number of benzene rings is 1. The number of hydrogen-bond donors (Lipinski definition) is 1. The molecule has 1 aromatic carbocycles. The molecule has 0 fully saturated rings. The van der Waals surface area contributed by atoms with Crippen molar-refractivity contribution >= 4 is 39.1 Å². The van der Waals surface area contributed by atoms with Crippen LogP contribution in [-0.2, 0) is 0 Å². The Hall–Kier alpha value is -1.46.